The normalized spacial score (nSPS) is 24.8. The van der Waals surface area contributed by atoms with Gasteiger partial charge in [0.2, 0.25) is 0 Å². The van der Waals surface area contributed by atoms with Crippen LogP contribution >= 0.6 is 15.9 Å². The lowest BCUT2D eigenvalue weighted by Crippen LogP contribution is -2.48. The first-order valence-electron chi connectivity index (χ1n) is 6.76. The van der Waals surface area contributed by atoms with Crippen molar-refractivity contribution in [3.63, 3.8) is 0 Å². The number of hydrogen-bond donors (Lipinski definition) is 0. The molecule has 2 fully saturated rings. The van der Waals surface area contributed by atoms with Crippen LogP contribution in [0.2, 0.25) is 0 Å². The Hall–Kier alpha value is -0.870. The number of carbonyl (C=O) groups excluding carboxylic acids is 1. The van der Waals surface area contributed by atoms with Gasteiger partial charge in [0.1, 0.15) is 11.9 Å². The molecule has 0 bridgehead atoms. The van der Waals surface area contributed by atoms with Gasteiger partial charge in [-0.3, -0.25) is 4.79 Å². The first-order chi connectivity index (χ1) is 9.21. The van der Waals surface area contributed by atoms with E-state index in [2.05, 4.69) is 15.9 Å². The minimum absolute atomic E-state index is 0.0691. The fourth-order valence-corrected chi connectivity index (χ4v) is 3.28. The summed E-state index contributed by atoms with van der Waals surface area (Å²) in [5, 5.41) is 0. The molecule has 1 aromatic rings. The highest BCUT2D eigenvalue weighted by Gasteiger charge is 2.43. The molecule has 1 saturated carbocycles. The summed E-state index contributed by atoms with van der Waals surface area (Å²) in [6, 6.07) is 5.55. The predicted molar refractivity (Wildman–Crippen MR) is 75.7 cm³/mol. The van der Waals surface area contributed by atoms with E-state index in [-0.39, 0.29) is 11.7 Å². The average molecular weight is 325 g/mol. The van der Waals surface area contributed by atoms with Gasteiger partial charge in [-0.05, 0) is 37.5 Å². The molecule has 0 N–H and O–H groups in total. The quantitative estimate of drug-likeness (QED) is 0.794. The molecule has 1 aliphatic carbocycles. The van der Waals surface area contributed by atoms with Crippen LogP contribution in [0.15, 0.2) is 22.7 Å². The minimum Gasteiger partial charge on any atom is -0.489 e. The molecule has 3 rings (SSSR count). The zero-order valence-electron chi connectivity index (χ0n) is 10.7. The Bertz CT molecular complexity index is 482. The molecule has 0 radical (unpaired) electrons. The molecule has 2 aliphatic rings. The van der Waals surface area contributed by atoms with Crippen LogP contribution in [0.4, 0.5) is 0 Å². The van der Waals surface area contributed by atoms with E-state index in [1.807, 2.05) is 12.1 Å². The molecule has 1 aromatic carbocycles. The molecule has 1 atom stereocenters. The second-order valence-electron chi connectivity index (χ2n) is 5.42. The topological polar surface area (TPSA) is 35.5 Å². The van der Waals surface area contributed by atoms with E-state index in [1.165, 1.54) is 6.42 Å². The molecule has 0 amide bonds. The molecule has 0 aromatic heterocycles. The van der Waals surface area contributed by atoms with Crippen molar-refractivity contribution in [3.05, 3.63) is 28.2 Å². The third-order valence-corrected chi connectivity index (χ3v) is 4.60. The van der Waals surface area contributed by atoms with Crippen molar-refractivity contribution in [2.45, 2.75) is 43.8 Å². The van der Waals surface area contributed by atoms with Gasteiger partial charge >= 0.3 is 0 Å². The lowest BCUT2D eigenvalue weighted by molar-refractivity contribution is -0.153. The number of carbonyl (C=O) groups is 1. The Morgan fingerprint density at radius 1 is 1.42 bits per heavy atom. The Morgan fingerprint density at radius 3 is 2.95 bits per heavy atom. The number of hydrogen-bond acceptors (Lipinski definition) is 3. The summed E-state index contributed by atoms with van der Waals surface area (Å²) < 4.78 is 12.8. The predicted octanol–water partition coefficient (Wildman–Crippen LogP) is 3.74. The van der Waals surface area contributed by atoms with Crippen LogP contribution in [0, 0.1) is 0 Å². The van der Waals surface area contributed by atoms with E-state index in [4.69, 9.17) is 9.47 Å². The minimum atomic E-state index is 0.0691. The maximum Gasteiger partial charge on any atom is 0.153 e. The average Bonchev–Trinajstić information content (AvgIpc) is 2.39. The smallest absolute Gasteiger partial charge is 0.153 e. The summed E-state index contributed by atoms with van der Waals surface area (Å²) in [6.45, 7) is 0.762. The standard InChI is InChI=1S/C15H17BrO3/c16-12-2-3-14(11(8-12)10-17)19-13-4-7-18-15(9-13)5-1-6-15/h2-3,8,10,13H,1,4-7,9H2. The summed E-state index contributed by atoms with van der Waals surface area (Å²) in [6.07, 6.45) is 6.40. The monoisotopic (exact) mass is 324 g/mol. The summed E-state index contributed by atoms with van der Waals surface area (Å²) in [4.78, 5) is 11.1. The van der Waals surface area contributed by atoms with Gasteiger partial charge in [-0.15, -0.1) is 0 Å². The summed E-state index contributed by atoms with van der Waals surface area (Å²) in [5.41, 5.74) is 0.670. The van der Waals surface area contributed by atoms with E-state index in [0.717, 1.165) is 43.0 Å². The number of rotatable bonds is 3. The Kier molecular flexibility index (Phi) is 3.63. The molecule has 1 aliphatic heterocycles. The number of benzene rings is 1. The summed E-state index contributed by atoms with van der Waals surface area (Å²) in [5.74, 6) is 0.680. The highest BCUT2D eigenvalue weighted by atomic mass is 79.9. The second-order valence-corrected chi connectivity index (χ2v) is 6.33. The highest BCUT2D eigenvalue weighted by molar-refractivity contribution is 9.10. The van der Waals surface area contributed by atoms with E-state index < -0.39 is 0 Å². The first-order valence-corrected chi connectivity index (χ1v) is 7.55. The van der Waals surface area contributed by atoms with Crippen LogP contribution in [-0.2, 0) is 4.74 Å². The third kappa shape index (κ3) is 2.70. The van der Waals surface area contributed by atoms with Gasteiger partial charge < -0.3 is 9.47 Å². The molecular weight excluding hydrogens is 308 g/mol. The molecule has 3 nitrogen and oxygen atoms in total. The van der Waals surface area contributed by atoms with Crippen molar-refractivity contribution in [2.75, 3.05) is 6.61 Å². The van der Waals surface area contributed by atoms with Crippen LogP contribution in [0.25, 0.3) is 0 Å². The fourth-order valence-electron chi connectivity index (χ4n) is 2.90. The fraction of sp³-hybridized carbons (Fsp3) is 0.533. The van der Waals surface area contributed by atoms with Gasteiger partial charge in [-0.25, -0.2) is 0 Å². The van der Waals surface area contributed by atoms with Crippen LogP contribution in [0.1, 0.15) is 42.5 Å². The van der Waals surface area contributed by atoms with Gasteiger partial charge in [-0.1, -0.05) is 15.9 Å². The molecular formula is C15H17BrO3. The molecule has 102 valence electrons. The molecule has 1 saturated heterocycles. The van der Waals surface area contributed by atoms with Crippen LogP contribution in [0.5, 0.6) is 5.75 Å². The lowest BCUT2D eigenvalue weighted by Gasteiger charge is -2.46. The van der Waals surface area contributed by atoms with Crippen molar-refractivity contribution < 1.29 is 14.3 Å². The number of halogens is 1. The number of aldehydes is 1. The SMILES string of the molecule is O=Cc1cc(Br)ccc1OC1CCOC2(CCC2)C1. The van der Waals surface area contributed by atoms with Gasteiger partial charge in [0.15, 0.2) is 6.29 Å². The van der Waals surface area contributed by atoms with Crippen LogP contribution < -0.4 is 4.74 Å². The van der Waals surface area contributed by atoms with Crippen molar-refractivity contribution in [2.24, 2.45) is 0 Å². The Balaban J connectivity index is 1.72. The van der Waals surface area contributed by atoms with E-state index in [1.54, 1.807) is 6.07 Å². The maximum absolute atomic E-state index is 11.1. The molecule has 1 spiro atoms. The molecule has 1 heterocycles. The van der Waals surface area contributed by atoms with Gasteiger partial charge in [0, 0.05) is 17.3 Å². The lowest BCUT2D eigenvalue weighted by atomic mass is 9.74. The number of ether oxygens (including phenoxy) is 2. The van der Waals surface area contributed by atoms with Crippen molar-refractivity contribution in [1.29, 1.82) is 0 Å². The third-order valence-electron chi connectivity index (χ3n) is 4.10. The van der Waals surface area contributed by atoms with Gasteiger partial charge in [0.05, 0.1) is 17.8 Å². The zero-order chi connectivity index (χ0) is 13.3. The maximum atomic E-state index is 11.1. The zero-order valence-corrected chi connectivity index (χ0v) is 12.3. The van der Waals surface area contributed by atoms with E-state index >= 15 is 0 Å². The van der Waals surface area contributed by atoms with E-state index in [9.17, 15) is 4.79 Å². The van der Waals surface area contributed by atoms with Gasteiger partial charge in [-0.2, -0.15) is 0 Å². The van der Waals surface area contributed by atoms with Crippen molar-refractivity contribution in [1.82, 2.24) is 0 Å². The second kappa shape index (κ2) is 5.25. The summed E-state index contributed by atoms with van der Waals surface area (Å²) in [7, 11) is 0. The Morgan fingerprint density at radius 2 is 2.26 bits per heavy atom. The van der Waals surface area contributed by atoms with E-state index in [0.29, 0.717) is 11.3 Å². The summed E-state index contributed by atoms with van der Waals surface area (Å²) >= 11 is 3.37. The van der Waals surface area contributed by atoms with Crippen LogP contribution in [-0.4, -0.2) is 24.6 Å². The Labute approximate surface area is 121 Å². The van der Waals surface area contributed by atoms with Gasteiger partial charge in [0.25, 0.3) is 0 Å². The van der Waals surface area contributed by atoms with Crippen LogP contribution in [0.3, 0.4) is 0 Å². The molecule has 4 heteroatoms. The molecule has 1 unspecified atom stereocenters. The highest BCUT2D eigenvalue weighted by Crippen LogP contribution is 2.43. The van der Waals surface area contributed by atoms with Crippen molar-refractivity contribution in [3.8, 4) is 5.75 Å². The first kappa shape index (κ1) is 13.1. The van der Waals surface area contributed by atoms with Crippen molar-refractivity contribution >= 4 is 22.2 Å². The molecule has 19 heavy (non-hydrogen) atoms. The largest absolute Gasteiger partial charge is 0.489 e.